The molecule has 1 atom stereocenters. The van der Waals surface area contributed by atoms with E-state index in [9.17, 15) is 8.42 Å². The molecule has 7 heteroatoms. The summed E-state index contributed by atoms with van der Waals surface area (Å²) in [4.78, 5) is 11.1. The average Bonchev–Trinajstić information content (AvgIpc) is 2.93. The third-order valence-corrected chi connectivity index (χ3v) is 6.36. The van der Waals surface area contributed by atoms with E-state index in [1.165, 1.54) is 11.3 Å². The third-order valence-electron chi connectivity index (χ3n) is 4.59. The maximum absolute atomic E-state index is 11.6. The molecule has 24 heavy (non-hydrogen) atoms. The molecule has 0 aliphatic carbocycles. The number of rotatable bonds is 3. The zero-order valence-electron chi connectivity index (χ0n) is 13.4. The molecule has 4 rings (SSSR count). The maximum atomic E-state index is 11.6. The molecular formula is C17H20N4O2S. The minimum Gasteiger partial charge on any atom is -0.350 e. The topological polar surface area (TPSA) is 75.2 Å². The van der Waals surface area contributed by atoms with E-state index in [1.807, 2.05) is 12.1 Å². The van der Waals surface area contributed by atoms with E-state index >= 15 is 0 Å². The van der Waals surface area contributed by atoms with Gasteiger partial charge in [-0.25, -0.2) is 13.4 Å². The highest BCUT2D eigenvalue weighted by molar-refractivity contribution is 7.91. The minimum atomic E-state index is -2.91. The molecule has 1 aromatic heterocycles. The van der Waals surface area contributed by atoms with Gasteiger partial charge < -0.3 is 10.2 Å². The Morgan fingerprint density at radius 1 is 1.21 bits per heavy atom. The highest BCUT2D eigenvalue weighted by atomic mass is 32.2. The summed E-state index contributed by atoms with van der Waals surface area (Å²) in [6.45, 7) is 0.922. The lowest BCUT2D eigenvalue weighted by Crippen LogP contribution is -2.26. The summed E-state index contributed by atoms with van der Waals surface area (Å²) in [6, 6.07) is 10.2. The van der Waals surface area contributed by atoms with Crippen molar-refractivity contribution in [2.45, 2.75) is 25.3 Å². The fourth-order valence-electron chi connectivity index (χ4n) is 3.43. The number of nitrogens with zero attached hydrogens (tertiary/aromatic N) is 3. The Kier molecular flexibility index (Phi) is 3.88. The van der Waals surface area contributed by atoms with Crippen molar-refractivity contribution in [3.8, 4) is 0 Å². The molecule has 0 saturated carbocycles. The van der Waals surface area contributed by atoms with Crippen LogP contribution in [0.1, 0.15) is 18.4 Å². The highest BCUT2D eigenvalue weighted by Gasteiger charge is 2.28. The van der Waals surface area contributed by atoms with Crippen LogP contribution in [-0.2, 0) is 16.3 Å². The summed E-state index contributed by atoms with van der Waals surface area (Å²) < 4.78 is 23.2. The summed E-state index contributed by atoms with van der Waals surface area (Å²) in [6.07, 6.45) is 4.52. The molecule has 0 spiro atoms. The Morgan fingerprint density at radius 3 is 2.92 bits per heavy atom. The zero-order valence-corrected chi connectivity index (χ0v) is 14.2. The highest BCUT2D eigenvalue weighted by Crippen LogP contribution is 2.32. The van der Waals surface area contributed by atoms with Gasteiger partial charge in [0.25, 0.3) is 0 Å². The number of anilines is 3. The summed E-state index contributed by atoms with van der Waals surface area (Å²) in [5.41, 5.74) is 2.52. The molecule has 1 unspecified atom stereocenters. The standard InChI is InChI=1S/C17H20N4O2S/c22-24(23)11-8-14(12-24)19-17-18-9-7-16(20-17)21-10-3-5-13-4-1-2-6-15(13)21/h1-2,4,6-7,9,14H,3,5,8,10-12H2,(H,18,19,20). The van der Waals surface area contributed by atoms with Gasteiger partial charge >= 0.3 is 0 Å². The summed E-state index contributed by atoms with van der Waals surface area (Å²) in [5.74, 6) is 1.75. The second kappa shape index (κ2) is 6.05. The second-order valence-corrected chi connectivity index (χ2v) is 8.60. The van der Waals surface area contributed by atoms with Crippen LogP contribution in [0.4, 0.5) is 17.5 Å². The lowest BCUT2D eigenvalue weighted by Gasteiger charge is -2.30. The van der Waals surface area contributed by atoms with E-state index in [0.29, 0.717) is 12.4 Å². The first-order chi connectivity index (χ1) is 11.6. The molecule has 1 aromatic carbocycles. The van der Waals surface area contributed by atoms with Crippen LogP contribution in [0.3, 0.4) is 0 Å². The Morgan fingerprint density at radius 2 is 2.08 bits per heavy atom. The molecule has 126 valence electrons. The van der Waals surface area contributed by atoms with Gasteiger partial charge in [0.2, 0.25) is 5.95 Å². The van der Waals surface area contributed by atoms with E-state index < -0.39 is 9.84 Å². The number of nitrogens with one attached hydrogen (secondary N) is 1. The Hall–Kier alpha value is -2.15. The molecule has 2 aliphatic rings. The van der Waals surface area contributed by atoms with E-state index in [1.54, 1.807) is 6.20 Å². The lowest BCUT2D eigenvalue weighted by molar-refractivity contribution is 0.602. The van der Waals surface area contributed by atoms with Crippen LogP contribution >= 0.6 is 0 Å². The van der Waals surface area contributed by atoms with Crippen molar-refractivity contribution in [2.24, 2.45) is 0 Å². The SMILES string of the molecule is O=S1(=O)CCC(Nc2nccc(N3CCCc4ccccc43)n2)C1. The van der Waals surface area contributed by atoms with Crippen LogP contribution in [0.5, 0.6) is 0 Å². The Bertz CT molecular complexity index is 853. The van der Waals surface area contributed by atoms with Gasteiger partial charge in [0.05, 0.1) is 11.5 Å². The summed E-state index contributed by atoms with van der Waals surface area (Å²) in [5, 5.41) is 3.17. The van der Waals surface area contributed by atoms with Crippen molar-refractivity contribution < 1.29 is 8.42 Å². The van der Waals surface area contributed by atoms with Crippen LogP contribution in [-0.4, -0.2) is 42.5 Å². The number of benzene rings is 1. The quantitative estimate of drug-likeness (QED) is 0.920. The van der Waals surface area contributed by atoms with Gasteiger partial charge in [-0.05, 0) is 37.0 Å². The fourth-order valence-corrected chi connectivity index (χ4v) is 5.11. The van der Waals surface area contributed by atoms with E-state index in [0.717, 1.165) is 25.2 Å². The van der Waals surface area contributed by atoms with Gasteiger partial charge in [0.1, 0.15) is 5.82 Å². The maximum Gasteiger partial charge on any atom is 0.224 e. The van der Waals surface area contributed by atoms with Gasteiger partial charge in [0.15, 0.2) is 9.84 Å². The Balaban J connectivity index is 1.58. The number of fused-ring (bicyclic) bond motifs is 1. The van der Waals surface area contributed by atoms with Crippen LogP contribution in [0.2, 0.25) is 0 Å². The molecule has 6 nitrogen and oxygen atoms in total. The van der Waals surface area contributed by atoms with Crippen LogP contribution in [0, 0.1) is 0 Å². The molecule has 1 saturated heterocycles. The van der Waals surface area contributed by atoms with Gasteiger partial charge in [0, 0.05) is 24.5 Å². The van der Waals surface area contributed by atoms with Crippen molar-refractivity contribution in [3.05, 3.63) is 42.1 Å². The predicted octanol–water partition coefficient (Wildman–Crippen LogP) is 2.16. The summed E-state index contributed by atoms with van der Waals surface area (Å²) >= 11 is 0. The molecule has 1 fully saturated rings. The van der Waals surface area contributed by atoms with Gasteiger partial charge in [-0.15, -0.1) is 0 Å². The molecule has 3 heterocycles. The molecular weight excluding hydrogens is 324 g/mol. The van der Waals surface area contributed by atoms with Crippen molar-refractivity contribution in [2.75, 3.05) is 28.3 Å². The zero-order chi connectivity index (χ0) is 16.6. The number of sulfone groups is 1. The average molecular weight is 344 g/mol. The van der Waals surface area contributed by atoms with Crippen molar-refractivity contribution >= 4 is 27.3 Å². The number of aryl methyl sites for hydroxylation is 1. The van der Waals surface area contributed by atoms with Gasteiger partial charge in [-0.2, -0.15) is 4.98 Å². The molecule has 0 bridgehead atoms. The first-order valence-electron chi connectivity index (χ1n) is 8.26. The smallest absolute Gasteiger partial charge is 0.224 e. The number of hydrogen-bond donors (Lipinski definition) is 1. The monoisotopic (exact) mass is 344 g/mol. The summed E-state index contributed by atoms with van der Waals surface area (Å²) in [7, 11) is -2.91. The third kappa shape index (κ3) is 3.08. The largest absolute Gasteiger partial charge is 0.350 e. The molecule has 2 aromatic rings. The predicted molar refractivity (Wildman–Crippen MR) is 94.5 cm³/mol. The first kappa shape index (κ1) is 15.4. The Labute approximate surface area is 141 Å². The van der Waals surface area contributed by atoms with Crippen LogP contribution in [0.15, 0.2) is 36.5 Å². The van der Waals surface area contributed by atoms with E-state index in [-0.39, 0.29) is 17.5 Å². The van der Waals surface area contributed by atoms with Gasteiger partial charge in [-0.1, -0.05) is 18.2 Å². The number of aromatic nitrogens is 2. The fraction of sp³-hybridized carbons (Fsp3) is 0.412. The van der Waals surface area contributed by atoms with E-state index in [4.69, 9.17) is 0 Å². The van der Waals surface area contributed by atoms with Crippen LogP contribution < -0.4 is 10.2 Å². The van der Waals surface area contributed by atoms with Gasteiger partial charge in [-0.3, -0.25) is 0 Å². The number of para-hydroxylation sites is 1. The van der Waals surface area contributed by atoms with Crippen LogP contribution in [0.25, 0.3) is 0 Å². The first-order valence-corrected chi connectivity index (χ1v) is 10.1. The van der Waals surface area contributed by atoms with Crippen molar-refractivity contribution in [1.82, 2.24) is 9.97 Å². The molecule has 1 N–H and O–H groups in total. The normalized spacial score (nSPS) is 22.2. The molecule has 0 amide bonds. The molecule has 2 aliphatic heterocycles. The lowest BCUT2D eigenvalue weighted by atomic mass is 10.0. The second-order valence-electron chi connectivity index (χ2n) is 6.37. The van der Waals surface area contributed by atoms with E-state index in [2.05, 4.69) is 38.4 Å². The van der Waals surface area contributed by atoms with Crippen molar-refractivity contribution in [3.63, 3.8) is 0 Å². The van der Waals surface area contributed by atoms with Crippen molar-refractivity contribution in [1.29, 1.82) is 0 Å². The number of hydrogen-bond acceptors (Lipinski definition) is 6. The molecule has 0 radical (unpaired) electrons. The minimum absolute atomic E-state index is 0.0982.